The van der Waals surface area contributed by atoms with Gasteiger partial charge < -0.3 is 10.6 Å². The number of nitrogens with zero attached hydrogens (tertiary/aromatic N) is 3. The second-order valence-corrected chi connectivity index (χ2v) is 5.54. The molecule has 0 saturated heterocycles. The van der Waals surface area contributed by atoms with Crippen molar-refractivity contribution in [1.29, 1.82) is 0 Å². The van der Waals surface area contributed by atoms with Crippen molar-refractivity contribution in [3.63, 3.8) is 0 Å². The highest BCUT2D eigenvalue weighted by molar-refractivity contribution is 5.48. The van der Waals surface area contributed by atoms with Crippen LogP contribution in [0.2, 0.25) is 0 Å². The van der Waals surface area contributed by atoms with Crippen LogP contribution in [0.15, 0.2) is 12.3 Å². The first-order valence-corrected chi connectivity index (χ1v) is 7.08. The SMILES string of the molecule is Cc1cc(N(C)C2CCCCC2CN)ncc1[N+](=O)[O-]. The van der Waals surface area contributed by atoms with Gasteiger partial charge in [-0.2, -0.15) is 0 Å². The second-order valence-electron chi connectivity index (χ2n) is 5.54. The fourth-order valence-corrected chi connectivity index (χ4v) is 3.06. The molecule has 2 atom stereocenters. The third-order valence-electron chi connectivity index (χ3n) is 4.30. The van der Waals surface area contributed by atoms with Crippen molar-refractivity contribution in [1.82, 2.24) is 4.98 Å². The average molecular weight is 278 g/mol. The van der Waals surface area contributed by atoms with E-state index in [1.807, 2.05) is 7.05 Å². The summed E-state index contributed by atoms with van der Waals surface area (Å²) in [6.07, 6.45) is 6.05. The summed E-state index contributed by atoms with van der Waals surface area (Å²) in [5.41, 5.74) is 6.58. The number of rotatable bonds is 4. The van der Waals surface area contributed by atoms with E-state index in [0.717, 1.165) is 18.7 Å². The van der Waals surface area contributed by atoms with E-state index in [2.05, 4.69) is 9.88 Å². The lowest BCUT2D eigenvalue weighted by Gasteiger charge is -2.38. The van der Waals surface area contributed by atoms with Gasteiger partial charge in [0.25, 0.3) is 5.69 Å². The Balaban J connectivity index is 2.21. The Labute approximate surface area is 119 Å². The standard InChI is InChI=1S/C14H22N4O2/c1-10-7-14(16-9-13(10)18(19)20)17(2)12-6-4-3-5-11(12)8-15/h7,9,11-12H,3-6,8,15H2,1-2H3. The third-order valence-corrected chi connectivity index (χ3v) is 4.30. The van der Waals surface area contributed by atoms with Crippen molar-refractivity contribution in [2.45, 2.75) is 38.6 Å². The number of hydrogen-bond donors (Lipinski definition) is 1. The zero-order chi connectivity index (χ0) is 14.7. The van der Waals surface area contributed by atoms with Gasteiger partial charge in [-0.15, -0.1) is 0 Å². The van der Waals surface area contributed by atoms with E-state index in [1.165, 1.54) is 19.0 Å². The largest absolute Gasteiger partial charge is 0.356 e. The molecule has 6 nitrogen and oxygen atoms in total. The summed E-state index contributed by atoms with van der Waals surface area (Å²) >= 11 is 0. The number of nitro groups is 1. The lowest BCUT2D eigenvalue weighted by atomic mass is 9.83. The molecule has 0 spiro atoms. The predicted molar refractivity (Wildman–Crippen MR) is 78.8 cm³/mol. The highest BCUT2D eigenvalue weighted by Gasteiger charge is 2.28. The summed E-state index contributed by atoms with van der Waals surface area (Å²) in [7, 11) is 2.01. The van der Waals surface area contributed by atoms with Crippen LogP contribution in [0.25, 0.3) is 0 Å². The fourth-order valence-electron chi connectivity index (χ4n) is 3.06. The number of nitrogens with two attached hydrogens (primary N) is 1. The molecular formula is C14H22N4O2. The Kier molecular flexibility index (Phi) is 4.54. The van der Waals surface area contributed by atoms with Gasteiger partial charge in [0.2, 0.25) is 0 Å². The summed E-state index contributed by atoms with van der Waals surface area (Å²) < 4.78 is 0. The van der Waals surface area contributed by atoms with E-state index in [-0.39, 0.29) is 5.69 Å². The minimum Gasteiger partial charge on any atom is -0.356 e. The molecule has 0 aromatic carbocycles. The molecule has 110 valence electrons. The van der Waals surface area contributed by atoms with Crippen LogP contribution in [0, 0.1) is 23.0 Å². The molecule has 0 bridgehead atoms. The first-order chi connectivity index (χ1) is 9.54. The molecule has 20 heavy (non-hydrogen) atoms. The lowest BCUT2D eigenvalue weighted by molar-refractivity contribution is -0.385. The van der Waals surface area contributed by atoms with Gasteiger partial charge in [-0.1, -0.05) is 12.8 Å². The topological polar surface area (TPSA) is 85.3 Å². The maximum Gasteiger partial charge on any atom is 0.290 e. The van der Waals surface area contributed by atoms with Gasteiger partial charge in [0.15, 0.2) is 0 Å². The van der Waals surface area contributed by atoms with Crippen LogP contribution in [-0.4, -0.2) is 29.5 Å². The van der Waals surface area contributed by atoms with Gasteiger partial charge in [-0.05, 0) is 38.3 Å². The van der Waals surface area contributed by atoms with Crippen molar-refractivity contribution in [3.8, 4) is 0 Å². The zero-order valence-electron chi connectivity index (χ0n) is 12.1. The molecule has 1 saturated carbocycles. The maximum absolute atomic E-state index is 10.8. The maximum atomic E-state index is 10.8. The number of pyridine rings is 1. The molecule has 2 rings (SSSR count). The van der Waals surface area contributed by atoms with Gasteiger partial charge in [0, 0.05) is 18.7 Å². The Morgan fingerprint density at radius 3 is 2.80 bits per heavy atom. The summed E-state index contributed by atoms with van der Waals surface area (Å²) in [6, 6.07) is 2.17. The minimum atomic E-state index is -0.393. The van der Waals surface area contributed by atoms with E-state index in [1.54, 1.807) is 13.0 Å². The first-order valence-electron chi connectivity index (χ1n) is 7.08. The van der Waals surface area contributed by atoms with Crippen LogP contribution in [0.1, 0.15) is 31.2 Å². The summed E-state index contributed by atoms with van der Waals surface area (Å²) in [4.78, 5) is 16.8. The summed E-state index contributed by atoms with van der Waals surface area (Å²) in [5, 5.41) is 10.8. The van der Waals surface area contributed by atoms with Crippen molar-refractivity contribution >= 4 is 11.5 Å². The Hall–Kier alpha value is -1.69. The molecule has 2 unspecified atom stereocenters. The molecule has 0 aliphatic heterocycles. The summed E-state index contributed by atoms with van der Waals surface area (Å²) in [5.74, 6) is 1.27. The molecule has 1 heterocycles. The molecule has 6 heteroatoms. The molecule has 2 N–H and O–H groups in total. The van der Waals surface area contributed by atoms with E-state index in [4.69, 9.17) is 5.73 Å². The normalized spacial score (nSPS) is 22.6. The van der Waals surface area contributed by atoms with E-state index in [0.29, 0.717) is 24.1 Å². The number of hydrogen-bond acceptors (Lipinski definition) is 5. The lowest BCUT2D eigenvalue weighted by Crippen LogP contribution is -2.43. The Morgan fingerprint density at radius 2 is 2.20 bits per heavy atom. The molecule has 1 fully saturated rings. The highest BCUT2D eigenvalue weighted by atomic mass is 16.6. The van der Waals surface area contributed by atoms with Crippen LogP contribution >= 0.6 is 0 Å². The number of aryl methyl sites for hydroxylation is 1. The van der Waals surface area contributed by atoms with Crippen LogP contribution in [-0.2, 0) is 0 Å². The van der Waals surface area contributed by atoms with Crippen molar-refractivity contribution in [2.75, 3.05) is 18.5 Å². The van der Waals surface area contributed by atoms with Crippen molar-refractivity contribution in [2.24, 2.45) is 11.7 Å². The van der Waals surface area contributed by atoms with Crippen molar-refractivity contribution < 1.29 is 4.92 Å². The fraction of sp³-hybridized carbons (Fsp3) is 0.643. The summed E-state index contributed by atoms with van der Waals surface area (Å²) in [6.45, 7) is 2.43. The van der Waals surface area contributed by atoms with Gasteiger partial charge >= 0.3 is 0 Å². The smallest absolute Gasteiger partial charge is 0.290 e. The molecule has 1 aromatic heterocycles. The van der Waals surface area contributed by atoms with Gasteiger partial charge in [0.1, 0.15) is 12.0 Å². The Bertz CT molecular complexity index is 492. The van der Waals surface area contributed by atoms with E-state index < -0.39 is 4.92 Å². The number of anilines is 1. The third kappa shape index (κ3) is 2.90. The second kappa shape index (κ2) is 6.17. The minimum absolute atomic E-state index is 0.0705. The van der Waals surface area contributed by atoms with E-state index >= 15 is 0 Å². The number of aromatic nitrogens is 1. The molecule has 1 aliphatic carbocycles. The van der Waals surface area contributed by atoms with Crippen LogP contribution in [0.3, 0.4) is 0 Å². The zero-order valence-corrected chi connectivity index (χ0v) is 12.1. The van der Waals surface area contributed by atoms with Gasteiger partial charge in [0.05, 0.1) is 4.92 Å². The van der Waals surface area contributed by atoms with Crippen molar-refractivity contribution in [3.05, 3.63) is 27.9 Å². The van der Waals surface area contributed by atoms with Crippen LogP contribution < -0.4 is 10.6 Å². The predicted octanol–water partition coefficient (Wildman–Crippen LogP) is 2.25. The monoisotopic (exact) mass is 278 g/mol. The molecule has 1 aromatic rings. The quantitative estimate of drug-likeness (QED) is 0.674. The highest BCUT2D eigenvalue weighted by Crippen LogP contribution is 2.30. The Morgan fingerprint density at radius 1 is 1.50 bits per heavy atom. The molecule has 0 radical (unpaired) electrons. The molecule has 0 amide bonds. The van der Waals surface area contributed by atoms with Crippen LogP contribution in [0.5, 0.6) is 0 Å². The average Bonchev–Trinajstić information content (AvgIpc) is 2.45. The molecule has 1 aliphatic rings. The van der Waals surface area contributed by atoms with Gasteiger partial charge in [-0.3, -0.25) is 10.1 Å². The van der Waals surface area contributed by atoms with Gasteiger partial charge in [-0.25, -0.2) is 4.98 Å². The molecular weight excluding hydrogens is 256 g/mol. The van der Waals surface area contributed by atoms with Crippen LogP contribution in [0.4, 0.5) is 11.5 Å². The van der Waals surface area contributed by atoms with E-state index in [9.17, 15) is 10.1 Å². The first kappa shape index (κ1) is 14.7.